The Bertz CT molecular complexity index is 1830. The number of likely N-dealkylation sites (tertiary alicyclic amines) is 1. The number of methoxy groups -OCH3 is 1. The molecule has 0 saturated carbocycles. The summed E-state index contributed by atoms with van der Waals surface area (Å²) >= 11 is 0. The molecule has 1 fully saturated rings. The number of benzene rings is 5. The van der Waals surface area contributed by atoms with Crippen molar-refractivity contribution in [3.05, 3.63) is 161 Å². The summed E-state index contributed by atoms with van der Waals surface area (Å²) in [6.07, 6.45) is 0.558. The number of aliphatic carboxylic acids is 1. The summed E-state index contributed by atoms with van der Waals surface area (Å²) in [4.78, 5) is 27.7. The number of carbonyl (C=O) groups excluding carboxylic acids is 1. The Morgan fingerprint density at radius 1 is 0.755 bits per heavy atom. The van der Waals surface area contributed by atoms with Crippen molar-refractivity contribution in [3.8, 4) is 16.9 Å². The molecular formula is C42H40N2O5. The van der Waals surface area contributed by atoms with Crippen LogP contribution in [0.15, 0.2) is 133 Å². The van der Waals surface area contributed by atoms with Gasteiger partial charge in [0.15, 0.2) is 0 Å². The normalized spacial score (nSPS) is 17.0. The Hall–Kier alpha value is -5.40. The number of carbonyl (C=O) groups is 2. The smallest absolute Gasteiger partial charge is 0.410 e. The fraction of sp³-hybridized carbons (Fsp3) is 0.238. The summed E-state index contributed by atoms with van der Waals surface area (Å²) in [5.41, 5.74) is 6.98. The monoisotopic (exact) mass is 652 g/mol. The van der Waals surface area contributed by atoms with E-state index in [-0.39, 0.29) is 18.4 Å². The quantitative estimate of drug-likeness (QED) is 0.142. The van der Waals surface area contributed by atoms with Gasteiger partial charge in [-0.2, -0.15) is 0 Å². The van der Waals surface area contributed by atoms with E-state index < -0.39 is 23.6 Å². The van der Waals surface area contributed by atoms with E-state index in [1.54, 1.807) is 7.11 Å². The van der Waals surface area contributed by atoms with E-state index >= 15 is 0 Å². The minimum atomic E-state index is -1.01. The summed E-state index contributed by atoms with van der Waals surface area (Å²) in [6, 6.07) is 44.0. The molecule has 1 heterocycles. The lowest BCUT2D eigenvalue weighted by Gasteiger charge is -2.37. The largest absolute Gasteiger partial charge is 0.497 e. The molecule has 7 nitrogen and oxygen atoms in total. The molecule has 2 N–H and O–H groups in total. The maximum atomic E-state index is 13.5. The van der Waals surface area contributed by atoms with Crippen LogP contribution in [0.2, 0.25) is 0 Å². The van der Waals surface area contributed by atoms with Gasteiger partial charge in [-0.05, 0) is 76.4 Å². The van der Waals surface area contributed by atoms with Crippen LogP contribution in [0, 0.1) is 5.92 Å². The van der Waals surface area contributed by atoms with Gasteiger partial charge < -0.3 is 14.6 Å². The SMILES string of the molecule is COc1ccc(C(NCC[C@H]2CCN(C(=O)OCC3c4ccccc4-c4ccccc43)[C@@H]2C(=O)O)(c2ccccc2)c2ccccc2)cc1. The Balaban J connectivity index is 1.09. The minimum Gasteiger partial charge on any atom is -0.497 e. The molecule has 5 aromatic carbocycles. The van der Waals surface area contributed by atoms with E-state index in [0.29, 0.717) is 25.9 Å². The third-order valence-corrected chi connectivity index (χ3v) is 10.2. The Morgan fingerprint density at radius 3 is 1.84 bits per heavy atom. The number of carboxylic acids is 1. The summed E-state index contributed by atoms with van der Waals surface area (Å²) < 4.78 is 11.4. The van der Waals surface area contributed by atoms with Crippen molar-refractivity contribution in [3.63, 3.8) is 0 Å². The highest BCUT2D eigenvalue weighted by atomic mass is 16.6. The van der Waals surface area contributed by atoms with Crippen LogP contribution in [0.25, 0.3) is 11.1 Å². The number of fused-ring (bicyclic) bond motifs is 3. The number of amides is 1. The van der Waals surface area contributed by atoms with Crippen molar-refractivity contribution in [2.45, 2.75) is 30.3 Å². The van der Waals surface area contributed by atoms with Gasteiger partial charge in [-0.3, -0.25) is 10.2 Å². The fourth-order valence-electron chi connectivity index (χ4n) is 7.84. The molecule has 7 rings (SSSR count). The van der Waals surface area contributed by atoms with Gasteiger partial charge in [0.2, 0.25) is 0 Å². The van der Waals surface area contributed by atoms with Gasteiger partial charge in [0.1, 0.15) is 18.4 Å². The molecule has 7 heteroatoms. The molecule has 2 atom stereocenters. The summed E-state index contributed by atoms with van der Waals surface area (Å²) in [6.45, 7) is 1.00. The molecule has 1 aliphatic carbocycles. The zero-order valence-electron chi connectivity index (χ0n) is 27.5. The Kier molecular flexibility index (Phi) is 9.18. The van der Waals surface area contributed by atoms with E-state index in [9.17, 15) is 14.7 Å². The van der Waals surface area contributed by atoms with Gasteiger partial charge in [0, 0.05) is 12.5 Å². The molecule has 1 saturated heterocycles. The van der Waals surface area contributed by atoms with Crippen LogP contribution in [0.4, 0.5) is 4.79 Å². The highest BCUT2D eigenvalue weighted by molar-refractivity contribution is 5.82. The predicted molar refractivity (Wildman–Crippen MR) is 190 cm³/mol. The van der Waals surface area contributed by atoms with Crippen molar-refractivity contribution in [1.29, 1.82) is 0 Å². The number of ether oxygens (including phenoxy) is 2. The van der Waals surface area contributed by atoms with Crippen LogP contribution in [-0.2, 0) is 15.1 Å². The van der Waals surface area contributed by atoms with Crippen LogP contribution in [0.5, 0.6) is 5.75 Å². The average Bonchev–Trinajstić information content (AvgIpc) is 3.73. The fourth-order valence-corrected chi connectivity index (χ4v) is 7.84. The molecular weight excluding hydrogens is 612 g/mol. The Labute approximate surface area is 287 Å². The number of rotatable bonds is 11. The second kappa shape index (κ2) is 14.0. The lowest BCUT2D eigenvalue weighted by Crippen LogP contribution is -2.47. The molecule has 0 radical (unpaired) electrons. The number of nitrogens with zero attached hydrogens (tertiary/aromatic N) is 1. The van der Waals surface area contributed by atoms with Crippen molar-refractivity contribution in [2.75, 3.05) is 26.8 Å². The van der Waals surface area contributed by atoms with Gasteiger partial charge in [0.25, 0.3) is 0 Å². The number of carboxylic acid groups (broad SMARTS) is 1. The van der Waals surface area contributed by atoms with E-state index in [0.717, 1.165) is 44.7 Å². The molecule has 1 amide bonds. The first-order chi connectivity index (χ1) is 24.0. The van der Waals surface area contributed by atoms with E-state index in [1.165, 1.54) is 4.90 Å². The van der Waals surface area contributed by atoms with E-state index in [2.05, 4.69) is 66.0 Å². The molecule has 5 aromatic rings. The van der Waals surface area contributed by atoms with Crippen molar-refractivity contribution in [1.82, 2.24) is 10.2 Å². The third kappa shape index (κ3) is 6.07. The highest BCUT2D eigenvalue weighted by Crippen LogP contribution is 2.45. The molecule has 248 valence electrons. The lowest BCUT2D eigenvalue weighted by atomic mass is 9.76. The molecule has 0 unspecified atom stereocenters. The molecule has 0 bridgehead atoms. The lowest BCUT2D eigenvalue weighted by molar-refractivity contribution is -0.143. The van der Waals surface area contributed by atoms with Crippen LogP contribution in [-0.4, -0.2) is 54.9 Å². The molecule has 1 aliphatic heterocycles. The first-order valence-corrected chi connectivity index (χ1v) is 16.9. The highest BCUT2D eigenvalue weighted by Gasteiger charge is 2.44. The summed E-state index contributed by atoms with van der Waals surface area (Å²) in [5, 5.41) is 14.3. The van der Waals surface area contributed by atoms with E-state index in [4.69, 9.17) is 9.47 Å². The zero-order valence-corrected chi connectivity index (χ0v) is 27.5. The molecule has 0 aromatic heterocycles. The molecule has 2 aliphatic rings. The van der Waals surface area contributed by atoms with Crippen molar-refractivity contribution in [2.24, 2.45) is 5.92 Å². The zero-order chi connectivity index (χ0) is 33.8. The van der Waals surface area contributed by atoms with Gasteiger partial charge >= 0.3 is 12.1 Å². The maximum absolute atomic E-state index is 13.5. The predicted octanol–water partition coefficient (Wildman–Crippen LogP) is 7.69. The molecule has 0 spiro atoms. The van der Waals surface area contributed by atoms with Crippen molar-refractivity contribution < 1.29 is 24.2 Å². The topological polar surface area (TPSA) is 88.1 Å². The average molecular weight is 653 g/mol. The standard InChI is InChI=1S/C42H40N2O5/c1-48-33-22-20-32(21-23-33)42(30-12-4-2-5-13-30,31-14-6-3-7-15-31)43-26-24-29-25-27-44(39(29)40(45)46)41(47)49-28-38-36-18-10-8-16-34(36)35-17-9-11-19-37(35)38/h2-23,29,38-39,43H,24-28H2,1H3,(H,45,46)/t29-,39-/m0/s1. The summed E-state index contributed by atoms with van der Waals surface area (Å²) in [5.74, 6) is -0.583. The van der Waals surface area contributed by atoms with E-state index in [1.807, 2.05) is 72.8 Å². The van der Waals surface area contributed by atoms with Crippen LogP contribution in [0.1, 0.15) is 46.6 Å². The van der Waals surface area contributed by atoms with Gasteiger partial charge in [-0.25, -0.2) is 9.59 Å². The Morgan fingerprint density at radius 2 is 1.29 bits per heavy atom. The van der Waals surface area contributed by atoms with Gasteiger partial charge in [-0.15, -0.1) is 0 Å². The summed E-state index contributed by atoms with van der Waals surface area (Å²) in [7, 11) is 1.65. The van der Waals surface area contributed by atoms with Crippen LogP contribution in [0.3, 0.4) is 0 Å². The van der Waals surface area contributed by atoms with Crippen LogP contribution >= 0.6 is 0 Å². The first kappa shape index (κ1) is 32.2. The second-order valence-electron chi connectivity index (χ2n) is 12.8. The second-order valence-corrected chi connectivity index (χ2v) is 12.8. The van der Waals surface area contributed by atoms with Crippen molar-refractivity contribution >= 4 is 12.1 Å². The number of hydrogen-bond donors (Lipinski definition) is 2. The first-order valence-electron chi connectivity index (χ1n) is 16.9. The van der Waals surface area contributed by atoms with Crippen LogP contribution < -0.4 is 10.1 Å². The minimum absolute atomic E-state index is 0.0933. The number of hydrogen-bond acceptors (Lipinski definition) is 5. The van der Waals surface area contributed by atoms with Gasteiger partial charge in [-0.1, -0.05) is 121 Å². The number of nitrogens with one attached hydrogen (secondary N) is 1. The van der Waals surface area contributed by atoms with Gasteiger partial charge in [0.05, 0.1) is 12.6 Å². The third-order valence-electron chi connectivity index (χ3n) is 10.2. The maximum Gasteiger partial charge on any atom is 0.410 e. The molecule has 49 heavy (non-hydrogen) atoms.